The standard InChI is InChI=1S/C23H24O3/c1-4-25-20-15-9-17(10-16-20)21-7-6-8-22(26-5-2)23(21)18-11-13-19(24-3)14-12-18/h6-16H,4-5H2,1-3H3. The van der Waals surface area contributed by atoms with Gasteiger partial charge in [0, 0.05) is 5.56 Å². The Morgan fingerprint density at radius 3 is 1.88 bits per heavy atom. The van der Waals surface area contributed by atoms with E-state index in [1.165, 1.54) is 0 Å². The smallest absolute Gasteiger partial charge is 0.127 e. The Hall–Kier alpha value is -2.94. The number of benzene rings is 3. The van der Waals surface area contributed by atoms with Gasteiger partial charge in [-0.15, -0.1) is 0 Å². The van der Waals surface area contributed by atoms with Crippen LogP contribution in [0.1, 0.15) is 13.8 Å². The molecule has 0 fully saturated rings. The second-order valence-corrected chi connectivity index (χ2v) is 5.80. The summed E-state index contributed by atoms with van der Waals surface area (Å²) in [7, 11) is 1.68. The summed E-state index contributed by atoms with van der Waals surface area (Å²) in [5, 5.41) is 0. The Labute approximate surface area is 155 Å². The summed E-state index contributed by atoms with van der Waals surface area (Å²) in [6.45, 7) is 5.27. The number of rotatable bonds is 7. The molecule has 0 aromatic heterocycles. The molecule has 26 heavy (non-hydrogen) atoms. The maximum atomic E-state index is 5.92. The zero-order valence-corrected chi connectivity index (χ0v) is 15.5. The molecule has 0 saturated carbocycles. The van der Waals surface area contributed by atoms with Gasteiger partial charge in [0.25, 0.3) is 0 Å². The average molecular weight is 348 g/mol. The van der Waals surface area contributed by atoms with E-state index in [1.807, 2.05) is 50.2 Å². The summed E-state index contributed by atoms with van der Waals surface area (Å²) in [6, 6.07) is 22.4. The summed E-state index contributed by atoms with van der Waals surface area (Å²) in [5.74, 6) is 2.59. The molecule has 0 atom stereocenters. The molecule has 0 bridgehead atoms. The first-order valence-electron chi connectivity index (χ1n) is 8.90. The fourth-order valence-electron chi connectivity index (χ4n) is 3.00. The lowest BCUT2D eigenvalue weighted by Crippen LogP contribution is -1.96. The predicted molar refractivity (Wildman–Crippen MR) is 106 cm³/mol. The summed E-state index contributed by atoms with van der Waals surface area (Å²) in [6.07, 6.45) is 0. The van der Waals surface area contributed by atoms with Crippen molar-refractivity contribution in [3.8, 4) is 39.5 Å². The Kier molecular flexibility index (Phi) is 5.80. The monoisotopic (exact) mass is 348 g/mol. The minimum atomic E-state index is 0.621. The van der Waals surface area contributed by atoms with E-state index in [9.17, 15) is 0 Å². The normalized spacial score (nSPS) is 10.4. The third-order valence-electron chi connectivity index (χ3n) is 4.18. The number of hydrogen-bond acceptors (Lipinski definition) is 3. The zero-order valence-electron chi connectivity index (χ0n) is 15.5. The van der Waals surface area contributed by atoms with Crippen LogP contribution in [-0.2, 0) is 0 Å². The van der Waals surface area contributed by atoms with Crippen molar-refractivity contribution in [2.24, 2.45) is 0 Å². The molecular formula is C23H24O3. The number of ether oxygens (including phenoxy) is 3. The van der Waals surface area contributed by atoms with Gasteiger partial charge in [0.05, 0.1) is 20.3 Å². The molecule has 3 heteroatoms. The minimum Gasteiger partial charge on any atom is -0.497 e. The van der Waals surface area contributed by atoms with E-state index in [2.05, 4.69) is 30.3 Å². The Morgan fingerprint density at radius 2 is 1.27 bits per heavy atom. The lowest BCUT2D eigenvalue weighted by atomic mass is 9.93. The molecule has 0 aliphatic rings. The summed E-state index contributed by atoms with van der Waals surface area (Å²) in [4.78, 5) is 0. The van der Waals surface area contributed by atoms with Gasteiger partial charge in [0.2, 0.25) is 0 Å². The lowest BCUT2D eigenvalue weighted by Gasteiger charge is -2.16. The van der Waals surface area contributed by atoms with Crippen LogP contribution in [0, 0.1) is 0 Å². The number of methoxy groups -OCH3 is 1. The average Bonchev–Trinajstić information content (AvgIpc) is 2.69. The molecule has 0 radical (unpaired) electrons. The van der Waals surface area contributed by atoms with Gasteiger partial charge < -0.3 is 14.2 Å². The molecule has 0 N–H and O–H groups in total. The largest absolute Gasteiger partial charge is 0.497 e. The van der Waals surface area contributed by atoms with Crippen LogP contribution < -0.4 is 14.2 Å². The Morgan fingerprint density at radius 1 is 0.654 bits per heavy atom. The van der Waals surface area contributed by atoms with E-state index >= 15 is 0 Å². The van der Waals surface area contributed by atoms with Crippen LogP contribution in [0.2, 0.25) is 0 Å². The SMILES string of the molecule is CCOc1ccc(-c2cccc(OCC)c2-c2ccc(OC)cc2)cc1. The van der Waals surface area contributed by atoms with Crippen LogP contribution in [0.3, 0.4) is 0 Å². The highest BCUT2D eigenvalue weighted by Gasteiger charge is 2.14. The quantitative estimate of drug-likeness (QED) is 0.538. The van der Waals surface area contributed by atoms with Gasteiger partial charge >= 0.3 is 0 Å². The summed E-state index contributed by atoms with van der Waals surface area (Å²) in [5.41, 5.74) is 4.44. The minimum absolute atomic E-state index is 0.621. The van der Waals surface area contributed by atoms with Gasteiger partial charge in [-0.3, -0.25) is 0 Å². The van der Waals surface area contributed by atoms with Crippen LogP contribution in [0.15, 0.2) is 66.7 Å². The van der Waals surface area contributed by atoms with Crippen molar-refractivity contribution in [3.05, 3.63) is 66.7 Å². The third kappa shape index (κ3) is 3.83. The molecule has 3 aromatic rings. The second kappa shape index (κ2) is 8.43. The molecule has 0 unspecified atom stereocenters. The molecule has 0 aliphatic heterocycles. The van der Waals surface area contributed by atoms with Crippen molar-refractivity contribution in [1.29, 1.82) is 0 Å². The molecule has 3 rings (SSSR count). The predicted octanol–water partition coefficient (Wildman–Crippen LogP) is 5.83. The van der Waals surface area contributed by atoms with Crippen molar-refractivity contribution in [2.75, 3.05) is 20.3 Å². The van der Waals surface area contributed by atoms with Gasteiger partial charge in [-0.2, -0.15) is 0 Å². The maximum Gasteiger partial charge on any atom is 0.127 e. The van der Waals surface area contributed by atoms with E-state index in [-0.39, 0.29) is 0 Å². The molecule has 3 aromatic carbocycles. The molecule has 0 spiro atoms. The topological polar surface area (TPSA) is 27.7 Å². The van der Waals surface area contributed by atoms with Crippen molar-refractivity contribution >= 4 is 0 Å². The fraction of sp³-hybridized carbons (Fsp3) is 0.217. The van der Waals surface area contributed by atoms with Gasteiger partial charge in [-0.1, -0.05) is 36.4 Å². The van der Waals surface area contributed by atoms with Crippen molar-refractivity contribution in [2.45, 2.75) is 13.8 Å². The Bertz CT molecular complexity index is 836. The van der Waals surface area contributed by atoms with Crippen molar-refractivity contribution in [1.82, 2.24) is 0 Å². The first kappa shape index (κ1) is 17.9. The Balaban J connectivity index is 2.10. The van der Waals surface area contributed by atoms with E-state index in [1.54, 1.807) is 7.11 Å². The van der Waals surface area contributed by atoms with Crippen molar-refractivity contribution in [3.63, 3.8) is 0 Å². The molecule has 0 heterocycles. The lowest BCUT2D eigenvalue weighted by molar-refractivity contribution is 0.340. The van der Waals surface area contributed by atoms with E-state index in [0.29, 0.717) is 13.2 Å². The van der Waals surface area contributed by atoms with E-state index in [4.69, 9.17) is 14.2 Å². The molecule has 134 valence electrons. The zero-order chi connectivity index (χ0) is 18.4. The molecular weight excluding hydrogens is 324 g/mol. The highest BCUT2D eigenvalue weighted by Crippen LogP contribution is 2.40. The highest BCUT2D eigenvalue weighted by molar-refractivity contribution is 5.87. The van der Waals surface area contributed by atoms with Crippen LogP contribution in [0.4, 0.5) is 0 Å². The summed E-state index contributed by atoms with van der Waals surface area (Å²) < 4.78 is 16.8. The van der Waals surface area contributed by atoms with Gasteiger partial charge in [-0.05, 0) is 60.9 Å². The molecule has 0 amide bonds. The van der Waals surface area contributed by atoms with Crippen LogP contribution in [0.25, 0.3) is 22.3 Å². The van der Waals surface area contributed by atoms with Crippen molar-refractivity contribution < 1.29 is 14.2 Å². The molecule has 0 aliphatic carbocycles. The summed E-state index contributed by atoms with van der Waals surface area (Å²) >= 11 is 0. The van der Waals surface area contributed by atoms with E-state index in [0.717, 1.165) is 39.5 Å². The first-order valence-corrected chi connectivity index (χ1v) is 8.90. The van der Waals surface area contributed by atoms with Crippen LogP contribution in [0.5, 0.6) is 17.2 Å². The van der Waals surface area contributed by atoms with Gasteiger partial charge in [-0.25, -0.2) is 0 Å². The fourth-order valence-corrected chi connectivity index (χ4v) is 3.00. The molecule has 3 nitrogen and oxygen atoms in total. The van der Waals surface area contributed by atoms with Gasteiger partial charge in [0.15, 0.2) is 0 Å². The maximum absolute atomic E-state index is 5.92. The van der Waals surface area contributed by atoms with Crippen LogP contribution >= 0.6 is 0 Å². The number of hydrogen-bond donors (Lipinski definition) is 0. The van der Waals surface area contributed by atoms with Gasteiger partial charge in [0.1, 0.15) is 17.2 Å². The third-order valence-corrected chi connectivity index (χ3v) is 4.18. The highest BCUT2D eigenvalue weighted by atomic mass is 16.5. The van der Waals surface area contributed by atoms with Crippen LogP contribution in [-0.4, -0.2) is 20.3 Å². The molecule has 0 saturated heterocycles. The first-order chi connectivity index (χ1) is 12.8. The van der Waals surface area contributed by atoms with E-state index < -0.39 is 0 Å². The second-order valence-electron chi connectivity index (χ2n) is 5.80.